The number of rotatable bonds is 11. The zero-order valence-corrected chi connectivity index (χ0v) is 12.3. The summed E-state index contributed by atoms with van der Waals surface area (Å²) in [5, 5.41) is 0. The molecule has 19 heavy (non-hydrogen) atoms. The van der Waals surface area contributed by atoms with Gasteiger partial charge in [0.1, 0.15) is 13.2 Å². The molecule has 0 saturated heterocycles. The first-order chi connectivity index (χ1) is 9.13. The van der Waals surface area contributed by atoms with Crippen LogP contribution in [0.3, 0.4) is 0 Å². The van der Waals surface area contributed by atoms with E-state index in [9.17, 15) is 9.59 Å². The van der Waals surface area contributed by atoms with Crippen molar-refractivity contribution in [3.63, 3.8) is 0 Å². The summed E-state index contributed by atoms with van der Waals surface area (Å²) in [5.41, 5.74) is 0. The maximum absolute atomic E-state index is 11.3. The van der Waals surface area contributed by atoms with Crippen molar-refractivity contribution >= 4 is 11.9 Å². The van der Waals surface area contributed by atoms with Crippen molar-refractivity contribution in [2.45, 2.75) is 46.5 Å². The molecule has 0 spiro atoms. The lowest BCUT2D eigenvalue weighted by molar-refractivity contribution is -0.156. The Hall–Kier alpha value is -1.10. The Morgan fingerprint density at radius 3 is 2.05 bits per heavy atom. The molecule has 0 saturated carbocycles. The Kier molecular flexibility index (Phi) is 11.3. The first-order valence-corrected chi connectivity index (χ1v) is 7.02. The summed E-state index contributed by atoms with van der Waals surface area (Å²) in [7, 11) is 0. The molecule has 0 heterocycles. The van der Waals surface area contributed by atoms with Crippen molar-refractivity contribution in [3.8, 4) is 0 Å². The molecule has 0 aromatic carbocycles. The van der Waals surface area contributed by atoms with E-state index in [1.807, 2.05) is 6.92 Å². The highest BCUT2D eigenvalue weighted by Gasteiger charge is 2.10. The smallest absolute Gasteiger partial charge is 0.332 e. The quantitative estimate of drug-likeness (QED) is 0.427. The standard InChI is InChI=1S/C14H26O5/c1-4-7-8-18-13(15)10-17-11-14(16)19-9-12(5-2)6-3/h12H,4-11H2,1-3H3. The van der Waals surface area contributed by atoms with E-state index in [0.29, 0.717) is 19.1 Å². The maximum Gasteiger partial charge on any atom is 0.332 e. The van der Waals surface area contributed by atoms with Gasteiger partial charge in [0.15, 0.2) is 0 Å². The largest absolute Gasteiger partial charge is 0.464 e. The average molecular weight is 274 g/mol. The van der Waals surface area contributed by atoms with Crippen LogP contribution >= 0.6 is 0 Å². The van der Waals surface area contributed by atoms with Gasteiger partial charge in [0, 0.05) is 0 Å². The first-order valence-electron chi connectivity index (χ1n) is 7.02. The zero-order chi connectivity index (χ0) is 14.5. The fraction of sp³-hybridized carbons (Fsp3) is 0.857. The number of carbonyl (C=O) groups excluding carboxylic acids is 2. The summed E-state index contributed by atoms with van der Waals surface area (Å²) < 4.78 is 14.9. The molecule has 0 aliphatic heterocycles. The lowest BCUT2D eigenvalue weighted by atomic mass is 10.1. The lowest BCUT2D eigenvalue weighted by Crippen LogP contribution is -2.20. The normalized spacial score (nSPS) is 10.5. The van der Waals surface area contributed by atoms with Crippen LogP contribution in [0.1, 0.15) is 46.5 Å². The number of ether oxygens (including phenoxy) is 3. The lowest BCUT2D eigenvalue weighted by Gasteiger charge is -2.12. The summed E-state index contributed by atoms with van der Waals surface area (Å²) in [4.78, 5) is 22.5. The van der Waals surface area contributed by atoms with Crippen LogP contribution in [-0.4, -0.2) is 38.4 Å². The van der Waals surface area contributed by atoms with Crippen molar-refractivity contribution in [1.29, 1.82) is 0 Å². The number of esters is 2. The third kappa shape index (κ3) is 10.5. The minimum absolute atomic E-state index is 0.205. The summed E-state index contributed by atoms with van der Waals surface area (Å²) in [6.45, 7) is 6.54. The average Bonchev–Trinajstić information content (AvgIpc) is 2.40. The molecular formula is C14H26O5. The van der Waals surface area contributed by atoms with Crippen molar-refractivity contribution in [2.24, 2.45) is 5.92 Å². The second-order valence-corrected chi connectivity index (χ2v) is 4.43. The van der Waals surface area contributed by atoms with Crippen LogP contribution in [0, 0.1) is 5.92 Å². The number of unbranched alkanes of at least 4 members (excludes halogenated alkanes) is 1. The van der Waals surface area contributed by atoms with Crippen molar-refractivity contribution in [3.05, 3.63) is 0 Å². The molecule has 0 radical (unpaired) electrons. The molecular weight excluding hydrogens is 248 g/mol. The van der Waals surface area contributed by atoms with Crippen LogP contribution in [0.5, 0.6) is 0 Å². The van der Waals surface area contributed by atoms with E-state index in [4.69, 9.17) is 14.2 Å². The van der Waals surface area contributed by atoms with E-state index in [1.54, 1.807) is 0 Å². The van der Waals surface area contributed by atoms with Crippen LogP contribution < -0.4 is 0 Å². The highest BCUT2D eigenvalue weighted by atomic mass is 16.6. The molecule has 0 amide bonds. The SMILES string of the molecule is CCCCOC(=O)COCC(=O)OCC(CC)CC. The van der Waals surface area contributed by atoms with Gasteiger partial charge in [-0.15, -0.1) is 0 Å². The van der Waals surface area contributed by atoms with Crippen LogP contribution in [0.2, 0.25) is 0 Å². The number of hydrogen-bond donors (Lipinski definition) is 0. The third-order valence-electron chi connectivity index (χ3n) is 2.84. The molecule has 0 N–H and O–H groups in total. The van der Waals surface area contributed by atoms with Gasteiger partial charge in [-0.1, -0.05) is 40.0 Å². The van der Waals surface area contributed by atoms with Gasteiger partial charge in [0.05, 0.1) is 13.2 Å². The van der Waals surface area contributed by atoms with Gasteiger partial charge in [-0.05, 0) is 12.3 Å². The topological polar surface area (TPSA) is 61.8 Å². The van der Waals surface area contributed by atoms with Crippen LogP contribution in [0.15, 0.2) is 0 Å². The molecule has 0 aromatic heterocycles. The summed E-state index contributed by atoms with van der Waals surface area (Å²) in [6.07, 6.45) is 3.77. The van der Waals surface area contributed by atoms with Gasteiger partial charge in [0.25, 0.3) is 0 Å². The van der Waals surface area contributed by atoms with Gasteiger partial charge in [-0.2, -0.15) is 0 Å². The molecule has 0 unspecified atom stereocenters. The Morgan fingerprint density at radius 2 is 1.53 bits per heavy atom. The van der Waals surface area contributed by atoms with E-state index >= 15 is 0 Å². The van der Waals surface area contributed by atoms with Crippen molar-refractivity contribution in [1.82, 2.24) is 0 Å². The van der Waals surface area contributed by atoms with E-state index in [0.717, 1.165) is 25.7 Å². The minimum Gasteiger partial charge on any atom is -0.464 e. The van der Waals surface area contributed by atoms with E-state index in [2.05, 4.69) is 13.8 Å². The van der Waals surface area contributed by atoms with Crippen LogP contribution in [0.25, 0.3) is 0 Å². The Balaban J connectivity index is 3.54. The Bertz CT molecular complexity index is 248. The monoisotopic (exact) mass is 274 g/mol. The predicted octanol–water partition coefficient (Wildman–Crippen LogP) is 2.33. The van der Waals surface area contributed by atoms with Gasteiger partial charge in [-0.25, -0.2) is 9.59 Å². The van der Waals surface area contributed by atoms with Crippen LogP contribution in [0.4, 0.5) is 0 Å². The molecule has 0 bridgehead atoms. The van der Waals surface area contributed by atoms with E-state index in [-0.39, 0.29) is 13.2 Å². The highest BCUT2D eigenvalue weighted by Crippen LogP contribution is 2.07. The number of hydrogen-bond acceptors (Lipinski definition) is 5. The second-order valence-electron chi connectivity index (χ2n) is 4.43. The van der Waals surface area contributed by atoms with Crippen molar-refractivity contribution < 1.29 is 23.8 Å². The zero-order valence-electron chi connectivity index (χ0n) is 12.3. The van der Waals surface area contributed by atoms with Gasteiger partial charge in [-0.3, -0.25) is 0 Å². The molecule has 0 atom stereocenters. The Morgan fingerprint density at radius 1 is 0.947 bits per heavy atom. The maximum atomic E-state index is 11.3. The summed E-state index contributed by atoms with van der Waals surface area (Å²) >= 11 is 0. The number of carbonyl (C=O) groups is 2. The molecule has 112 valence electrons. The second kappa shape index (κ2) is 12.0. The highest BCUT2D eigenvalue weighted by molar-refractivity contribution is 5.73. The molecule has 0 aromatic rings. The van der Waals surface area contributed by atoms with E-state index < -0.39 is 11.9 Å². The molecule has 0 aliphatic rings. The van der Waals surface area contributed by atoms with Gasteiger partial charge in [0.2, 0.25) is 0 Å². The molecule has 0 fully saturated rings. The molecule has 0 rings (SSSR count). The van der Waals surface area contributed by atoms with Gasteiger partial charge < -0.3 is 14.2 Å². The van der Waals surface area contributed by atoms with Crippen molar-refractivity contribution in [2.75, 3.05) is 26.4 Å². The Labute approximate surface area is 115 Å². The molecule has 0 aliphatic carbocycles. The first kappa shape index (κ1) is 17.9. The fourth-order valence-corrected chi connectivity index (χ4v) is 1.37. The molecule has 5 heteroatoms. The fourth-order valence-electron chi connectivity index (χ4n) is 1.37. The molecule has 5 nitrogen and oxygen atoms in total. The van der Waals surface area contributed by atoms with Crippen LogP contribution in [-0.2, 0) is 23.8 Å². The minimum atomic E-state index is -0.443. The van der Waals surface area contributed by atoms with Gasteiger partial charge >= 0.3 is 11.9 Å². The summed E-state index contributed by atoms with van der Waals surface area (Å²) in [6, 6.07) is 0. The summed E-state index contributed by atoms with van der Waals surface area (Å²) in [5.74, 6) is -0.488. The predicted molar refractivity (Wildman–Crippen MR) is 71.7 cm³/mol. The van der Waals surface area contributed by atoms with E-state index in [1.165, 1.54) is 0 Å². The third-order valence-corrected chi connectivity index (χ3v) is 2.84.